The van der Waals surface area contributed by atoms with Crippen LogP contribution in [0, 0.1) is 0 Å². The fourth-order valence-corrected chi connectivity index (χ4v) is 7.38. The molecule has 2 aromatic heterocycles. The van der Waals surface area contributed by atoms with Gasteiger partial charge in [0.05, 0.1) is 12.0 Å². The Morgan fingerprint density at radius 3 is 1.35 bits per heavy atom. The predicted octanol–water partition coefficient (Wildman–Crippen LogP) is 10.4. The molecule has 8 rings (SSSR count). The van der Waals surface area contributed by atoms with Gasteiger partial charge in [0, 0.05) is 46.1 Å². The van der Waals surface area contributed by atoms with E-state index in [0.717, 1.165) is 22.7 Å². The number of rotatable bonds is 18. The van der Waals surface area contributed by atoms with E-state index < -0.39 is 10.1 Å². The van der Waals surface area contributed by atoms with E-state index in [4.69, 9.17) is 9.59 Å². The zero-order valence-corrected chi connectivity index (χ0v) is 35.8. The molecule has 0 saturated carbocycles. The second kappa shape index (κ2) is 20.5. The largest absolute Gasteiger partial charge is 0.324 e. The molecule has 0 fully saturated rings. The number of aromatic nitrogens is 6. The molecule has 0 saturated heterocycles. The van der Waals surface area contributed by atoms with Crippen molar-refractivity contribution in [3.05, 3.63) is 169 Å². The van der Waals surface area contributed by atoms with Gasteiger partial charge in [-0.2, -0.15) is 38.3 Å². The monoisotopic (exact) mass is 906 g/mol. The van der Waals surface area contributed by atoms with Gasteiger partial charge in [-0.05, 0) is 83.9 Å². The minimum Gasteiger partial charge on any atom is -0.324 e. The summed E-state index contributed by atoms with van der Waals surface area (Å²) >= 11 is 0.689. The van der Waals surface area contributed by atoms with Crippen LogP contribution >= 0.6 is 12.0 Å². The standard InChI is InChI=1S/C45H38N12O6S2/c1-57(45-55-43(48-34-18-10-4-11-19-34)54-44(56-45)49-35-20-12-5-13-21-35)37-27-25-31(39(29-37)65(59,60)61)23-22-30-24-26-36(28-38(30)64-63-62-58)50-42-52-40(46-32-14-6-2-7-15-32)51-41(53-42)47-33-16-8-3-9-17-33/h2-29,58H,1H3,(H,59,60,61)(H2,48,49,54,55,56)(H3,46,47,50,51,52,53)/b23-22+. The van der Waals surface area contributed by atoms with Crippen molar-refractivity contribution in [3.8, 4) is 0 Å². The molecule has 0 bridgehead atoms. The van der Waals surface area contributed by atoms with Crippen LogP contribution in [0.4, 0.5) is 69.8 Å². The lowest BCUT2D eigenvalue weighted by Gasteiger charge is -2.20. The first-order chi connectivity index (χ1) is 31.6. The third-order valence-electron chi connectivity index (χ3n) is 9.21. The molecule has 0 atom stereocenters. The second-order valence-corrected chi connectivity index (χ2v) is 15.9. The van der Waals surface area contributed by atoms with Gasteiger partial charge in [-0.3, -0.25) is 4.55 Å². The molecule has 6 aromatic carbocycles. The number of hydrogen-bond donors (Lipinski definition) is 7. The third-order valence-corrected chi connectivity index (χ3v) is 10.8. The van der Waals surface area contributed by atoms with E-state index in [-0.39, 0.29) is 46.1 Å². The first kappa shape index (κ1) is 43.7. The topological polar surface area (TPSA) is 234 Å². The lowest BCUT2D eigenvalue weighted by atomic mass is 10.1. The summed E-state index contributed by atoms with van der Waals surface area (Å²) in [6.07, 6.45) is 3.13. The highest BCUT2D eigenvalue weighted by Gasteiger charge is 2.20. The normalized spacial score (nSPS) is 11.2. The molecule has 65 heavy (non-hydrogen) atoms. The van der Waals surface area contributed by atoms with Gasteiger partial charge in [0.1, 0.15) is 4.90 Å². The van der Waals surface area contributed by atoms with Gasteiger partial charge in [-0.1, -0.05) is 102 Å². The molecular formula is C45H38N12O6S2. The summed E-state index contributed by atoms with van der Waals surface area (Å²) in [4.78, 5) is 29.1. The van der Waals surface area contributed by atoms with Crippen molar-refractivity contribution >= 4 is 104 Å². The average Bonchev–Trinajstić information content (AvgIpc) is 3.31. The van der Waals surface area contributed by atoms with Crippen molar-refractivity contribution in [1.29, 1.82) is 0 Å². The molecule has 7 N–H and O–H groups in total. The number of para-hydroxylation sites is 4. The molecule has 0 aliphatic carbocycles. The van der Waals surface area contributed by atoms with E-state index in [1.165, 1.54) is 18.2 Å². The van der Waals surface area contributed by atoms with Crippen LogP contribution in [0.3, 0.4) is 0 Å². The van der Waals surface area contributed by atoms with Crippen molar-refractivity contribution in [2.24, 2.45) is 0 Å². The Morgan fingerprint density at radius 1 is 0.523 bits per heavy atom. The lowest BCUT2D eigenvalue weighted by molar-refractivity contribution is -0.432. The maximum Gasteiger partial charge on any atom is 0.295 e. The molecule has 20 heteroatoms. The number of nitrogens with zero attached hydrogens (tertiary/aromatic N) is 7. The molecular weight excluding hydrogens is 869 g/mol. The van der Waals surface area contributed by atoms with Crippen molar-refractivity contribution in [2.45, 2.75) is 9.79 Å². The third kappa shape index (κ3) is 11.9. The summed E-state index contributed by atoms with van der Waals surface area (Å²) in [6, 6.07) is 47.2. The summed E-state index contributed by atoms with van der Waals surface area (Å²) in [6.45, 7) is 0. The highest BCUT2D eigenvalue weighted by molar-refractivity contribution is 7.94. The number of nitrogens with one attached hydrogen (secondary N) is 5. The molecule has 8 aromatic rings. The van der Waals surface area contributed by atoms with E-state index in [0.29, 0.717) is 33.9 Å². The summed E-state index contributed by atoms with van der Waals surface area (Å²) in [5.41, 5.74) is 4.57. The number of anilines is 12. The Morgan fingerprint density at radius 2 is 0.923 bits per heavy atom. The van der Waals surface area contributed by atoms with Crippen molar-refractivity contribution in [3.63, 3.8) is 0 Å². The Bertz CT molecular complexity index is 2900. The summed E-state index contributed by atoms with van der Waals surface area (Å²) < 4.78 is 41.1. The molecule has 0 amide bonds. The van der Waals surface area contributed by atoms with Crippen LogP contribution in [0.5, 0.6) is 0 Å². The Labute approximate surface area is 377 Å². The zero-order chi connectivity index (χ0) is 45.0. The van der Waals surface area contributed by atoms with Gasteiger partial charge >= 0.3 is 0 Å². The molecule has 0 radical (unpaired) electrons. The van der Waals surface area contributed by atoms with E-state index in [1.54, 1.807) is 42.3 Å². The predicted molar refractivity (Wildman–Crippen MR) is 252 cm³/mol. The first-order valence-corrected chi connectivity index (χ1v) is 21.7. The van der Waals surface area contributed by atoms with Gasteiger partial charge in [-0.15, -0.1) is 4.33 Å². The minimum atomic E-state index is -4.76. The molecule has 0 aliphatic heterocycles. The number of benzene rings is 6. The quantitative estimate of drug-likeness (QED) is 0.0139. The highest BCUT2D eigenvalue weighted by Crippen LogP contribution is 2.33. The summed E-state index contributed by atoms with van der Waals surface area (Å²) in [5, 5.41) is 28.9. The van der Waals surface area contributed by atoms with E-state index >= 15 is 0 Å². The molecule has 2 heterocycles. The van der Waals surface area contributed by atoms with Crippen molar-refractivity contribution in [2.75, 3.05) is 38.5 Å². The van der Waals surface area contributed by atoms with Crippen LogP contribution in [0.15, 0.2) is 168 Å². The van der Waals surface area contributed by atoms with Crippen LogP contribution in [0.25, 0.3) is 12.2 Å². The van der Waals surface area contributed by atoms with Crippen LogP contribution in [0.1, 0.15) is 11.1 Å². The fraction of sp³-hybridized carbons (Fsp3) is 0.0222. The Kier molecular flexibility index (Phi) is 13.7. The zero-order valence-electron chi connectivity index (χ0n) is 34.1. The maximum absolute atomic E-state index is 12.9. The maximum atomic E-state index is 12.9. The first-order valence-electron chi connectivity index (χ1n) is 19.5. The van der Waals surface area contributed by atoms with Crippen molar-refractivity contribution in [1.82, 2.24) is 29.9 Å². The van der Waals surface area contributed by atoms with Crippen LogP contribution < -0.4 is 31.5 Å². The summed E-state index contributed by atoms with van der Waals surface area (Å²) in [7, 11) is -3.10. The van der Waals surface area contributed by atoms with Crippen LogP contribution in [-0.4, -0.2) is 55.2 Å². The SMILES string of the molecule is CN(c1ccc(/C=C/c2ccc(Nc3nc(Nc4ccccc4)nc(Nc4ccccc4)n3)cc2SOOO)c(S(=O)(=O)O)c1)c1nc(Nc2ccccc2)nc(Nc2ccccc2)n1. The Hall–Kier alpha value is -7.98. The smallest absolute Gasteiger partial charge is 0.295 e. The van der Waals surface area contributed by atoms with Gasteiger partial charge in [0.25, 0.3) is 10.1 Å². The lowest BCUT2D eigenvalue weighted by Crippen LogP contribution is -2.16. The average molecular weight is 907 g/mol. The minimum absolute atomic E-state index is 0.165. The fourth-order valence-electron chi connectivity index (χ4n) is 6.16. The highest BCUT2D eigenvalue weighted by atomic mass is 32.2. The molecule has 0 spiro atoms. The van der Waals surface area contributed by atoms with Gasteiger partial charge in [0.2, 0.25) is 35.7 Å². The van der Waals surface area contributed by atoms with Gasteiger partial charge < -0.3 is 31.5 Å². The Balaban J connectivity index is 1.07. The molecule has 0 aliphatic rings. The van der Waals surface area contributed by atoms with Gasteiger partial charge in [-0.25, -0.2) is 5.26 Å². The number of hydrogen-bond acceptors (Lipinski definition) is 18. The molecule has 326 valence electrons. The van der Waals surface area contributed by atoms with Crippen LogP contribution in [0.2, 0.25) is 0 Å². The molecule has 0 unspecified atom stereocenters. The van der Waals surface area contributed by atoms with E-state index in [1.807, 2.05) is 121 Å². The van der Waals surface area contributed by atoms with Gasteiger partial charge in [0.15, 0.2) is 0 Å². The van der Waals surface area contributed by atoms with Crippen molar-refractivity contribution < 1.29 is 27.6 Å². The van der Waals surface area contributed by atoms with E-state index in [9.17, 15) is 13.0 Å². The molecule has 18 nitrogen and oxygen atoms in total. The summed E-state index contributed by atoms with van der Waals surface area (Å²) in [5.74, 6) is 1.38. The second-order valence-electron chi connectivity index (χ2n) is 13.7. The van der Waals surface area contributed by atoms with E-state index in [2.05, 4.69) is 61.5 Å². The van der Waals surface area contributed by atoms with Crippen LogP contribution in [-0.2, 0) is 19.5 Å².